The Morgan fingerprint density at radius 1 is 0.824 bits per heavy atom. The summed E-state index contributed by atoms with van der Waals surface area (Å²) in [5.41, 5.74) is 1.41. The molecule has 0 bridgehead atoms. The normalized spacial score (nSPS) is 9.59. The standard InChI is InChI=1S/C9H12.C5H13N.C2H6/c1-8(2)9-6-4-3-5-7-9;1-5(2)6(3)4;1-2/h3-8H,1-2H3;5H,1-4H3;1-2H3. The number of rotatable bonds is 2. The van der Waals surface area contributed by atoms with Crippen molar-refractivity contribution in [2.75, 3.05) is 14.1 Å². The van der Waals surface area contributed by atoms with Crippen molar-refractivity contribution in [3.05, 3.63) is 35.9 Å². The monoisotopic (exact) mass is 237 g/mol. The lowest BCUT2D eigenvalue weighted by atomic mass is 10.0. The van der Waals surface area contributed by atoms with Crippen LogP contribution in [0.1, 0.15) is 53.0 Å². The molecule has 0 fully saturated rings. The van der Waals surface area contributed by atoms with Crippen LogP contribution in [0.2, 0.25) is 0 Å². The highest BCUT2D eigenvalue weighted by Gasteiger charge is 1.93. The number of benzene rings is 1. The third-order valence-corrected chi connectivity index (χ3v) is 2.50. The quantitative estimate of drug-likeness (QED) is 0.714. The molecule has 0 aliphatic rings. The third-order valence-electron chi connectivity index (χ3n) is 2.50. The Morgan fingerprint density at radius 2 is 1.18 bits per heavy atom. The molecule has 0 saturated carbocycles. The van der Waals surface area contributed by atoms with Crippen molar-refractivity contribution < 1.29 is 0 Å². The summed E-state index contributed by atoms with van der Waals surface area (Å²) in [4.78, 5) is 2.17. The van der Waals surface area contributed by atoms with E-state index in [1.165, 1.54) is 5.56 Å². The molecule has 0 unspecified atom stereocenters. The molecule has 1 rings (SSSR count). The minimum absolute atomic E-state index is 0.659. The molecule has 100 valence electrons. The molecule has 0 spiro atoms. The van der Waals surface area contributed by atoms with E-state index >= 15 is 0 Å². The van der Waals surface area contributed by atoms with Gasteiger partial charge in [0.05, 0.1) is 0 Å². The van der Waals surface area contributed by atoms with Crippen LogP contribution in [0.15, 0.2) is 30.3 Å². The van der Waals surface area contributed by atoms with E-state index in [1.807, 2.05) is 19.9 Å². The predicted molar refractivity (Wildman–Crippen MR) is 80.7 cm³/mol. The first-order chi connectivity index (χ1) is 7.95. The zero-order valence-electron chi connectivity index (χ0n) is 13.0. The van der Waals surface area contributed by atoms with E-state index in [-0.39, 0.29) is 0 Å². The molecule has 0 amide bonds. The van der Waals surface area contributed by atoms with Gasteiger partial charge in [-0.2, -0.15) is 0 Å². The fraction of sp³-hybridized carbons (Fsp3) is 0.625. The van der Waals surface area contributed by atoms with Crippen LogP contribution in [-0.4, -0.2) is 25.0 Å². The van der Waals surface area contributed by atoms with Crippen LogP contribution in [-0.2, 0) is 0 Å². The lowest BCUT2D eigenvalue weighted by molar-refractivity contribution is 0.335. The molecule has 0 heterocycles. The maximum absolute atomic E-state index is 2.20. The average Bonchev–Trinajstić information content (AvgIpc) is 2.33. The zero-order chi connectivity index (χ0) is 13.8. The van der Waals surface area contributed by atoms with Crippen molar-refractivity contribution in [2.45, 2.75) is 53.5 Å². The van der Waals surface area contributed by atoms with Crippen LogP contribution in [0.4, 0.5) is 0 Å². The predicted octanol–water partition coefficient (Wildman–Crippen LogP) is 4.79. The Kier molecular flexibility index (Phi) is 12.7. The Balaban J connectivity index is 0. The number of hydrogen-bond acceptors (Lipinski definition) is 1. The second kappa shape index (κ2) is 11.7. The molecule has 0 radical (unpaired) electrons. The SMILES string of the molecule is CC.CC(C)N(C)C.CC(C)c1ccccc1. The maximum Gasteiger partial charge on any atom is 0.00324 e. The Morgan fingerprint density at radius 3 is 1.35 bits per heavy atom. The summed E-state index contributed by atoms with van der Waals surface area (Å²) in [6.45, 7) is 12.7. The molecule has 0 aliphatic heterocycles. The summed E-state index contributed by atoms with van der Waals surface area (Å²) in [5, 5.41) is 0. The van der Waals surface area contributed by atoms with Gasteiger partial charge in [0.1, 0.15) is 0 Å². The van der Waals surface area contributed by atoms with Crippen molar-refractivity contribution in [3.63, 3.8) is 0 Å². The van der Waals surface area contributed by atoms with E-state index in [1.54, 1.807) is 0 Å². The molecule has 0 aromatic heterocycles. The number of nitrogens with zero attached hydrogens (tertiary/aromatic N) is 1. The minimum Gasteiger partial charge on any atom is -0.307 e. The lowest BCUT2D eigenvalue weighted by Gasteiger charge is -2.12. The molecular weight excluding hydrogens is 206 g/mol. The molecule has 0 aliphatic carbocycles. The van der Waals surface area contributed by atoms with Gasteiger partial charge in [0.25, 0.3) is 0 Å². The molecule has 0 atom stereocenters. The highest BCUT2D eigenvalue weighted by atomic mass is 15.1. The van der Waals surface area contributed by atoms with Crippen LogP contribution in [0.25, 0.3) is 0 Å². The van der Waals surface area contributed by atoms with Gasteiger partial charge in [-0.15, -0.1) is 0 Å². The first-order valence-electron chi connectivity index (χ1n) is 6.66. The van der Waals surface area contributed by atoms with Crippen molar-refractivity contribution in [1.82, 2.24) is 4.90 Å². The molecule has 1 nitrogen and oxygen atoms in total. The van der Waals surface area contributed by atoms with Gasteiger partial charge in [-0.1, -0.05) is 58.0 Å². The Hall–Kier alpha value is -0.820. The lowest BCUT2D eigenvalue weighted by Crippen LogP contribution is -2.20. The van der Waals surface area contributed by atoms with Crippen LogP contribution >= 0.6 is 0 Å². The van der Waals surface area contributed by atoms with Gasteiger partial charge in [0, 0.05) is 6.04 Å². The fourth-order valence-electron chi connectivity index (χ4n) is 0.838. The molecule has 0 N–H and O–H groups in total. The van der Waals surface area contributed by atoms with Crippen molar-refractivity contribution in [3.8, 4) is 0 Å². The molecule has 1 aromatic rings. The summed E-state index contributed by atoms with van der Waals surface area (Å²) >= 11 is 0. The summed E-state index contributed by atoms with van der Waals surface area (Å²) in [7, 11) is 4.15. The smallest absolute Gasteiger partial charge is 0.00324 e. The van der Waals surface area contributed by atoms with Crippen molar-refractivity contribution >= 4 is 0 Å². The first kappa shape index (κ1) is 18.5. The van der Waals surface area contributed by atoms with Gasteiger partial charge >= 0.3 is 0 Å². The topological polar surface area (TPSA) is 3.24 Å². The fourth-order valence-corrected chi connectivity index (χ4v) is 0.838. The molecule has 1 aromatic carbocycles. The van der Waals surface area contributed by atoms with Crippen LogP contribution in [0.5, 0.6) is 0 Å². The van der Waals surface area contributed by atoms with Gasteiger partial charge < -0.3 is 4.90 Å². The highest BCUT2D eigenvalue weighted by molar-refractivity contribution is 5.17. The Bertz CT molecular complexity index is 231. The van der Waals surface area contributed by atoms with Gasteiger partial charge in [-0.05, 0) is 39.4 Å². The summed E-state index contributed by atoms with van der Waals surface area (Å²) in [5.74, 6) is 0.659. The molecule has 0 saturated heterocycles. The summed E-state index contributed by atoms with van der Waals surface area (Å²) in [6, 6.07) is 11.2. The second-order valence-corrected chi connectivity index (χ2v) is 4.62. The van der Waals surface area contributed by atoms with E-state index < -0.39 is 0 Å². The third kappa shape index (κ3) is 11.4. The highest BCUT2D eigenvalue weighted by Crippen LogP contribution is 2.11. The second-order valence-electron chi connectivity index (χ2n) is 4.62. The van der Waals surface area contributed by atoms with E-state index in [2.05, 4.69) is 71.0 Å². The number of hydrogen-bond donors (Lipinski definition) is 0. The maximum atomic E-state index is 2.20. The van der Waals surface area contributed by atoms with E-state index in [0.717, 1.165) is 0 Å². The van der Waals surface area contributed by atoms with Crippen LogP contribution in [0, 0.1) is 0 Å². The summed E-state index contributed by atoms with van der Waals surface area (Å²) in [6.07, 6.45) is 0. The minimum atomic E-state index is 0.659. The zero-order valence-corrected chi connectivity index (χ0v) is 13.0. The first-order valence-corrected chi connectivity index (χ1v) is 6.66. The van der Waals surface area contributed by atoms with E-state index in [0.29, 0.717) is 12.0 Å². The van der Waals surface area contributed by atoms with Gasteiger partial charge in [0.2, 0.25) is 0 Å². The van der Waals surface area contributed by atoms with Crippen molar-refractivity contribution in [1.29, 1.82) is 0 Å². The van der Waals surface area contributed by atoms with Gasteiger partial charge in [-0.3, -0.25) is 0 Å². The average molecular weight is 237 g/mol. The molecular formula is C16H31N. The van der Waals surface area contributed by atoms with Gasteiger partial charge in [0.15, 0.2) is 0 Å². The van der Waals surface area contributed by atoms with Crippen molar-refractivity contribution in [2.24, 2.45) is 0 Å². The van der Waals surface area contributed by atoms with E-state index in [4.69, 9.17) is 0 Å². The van der Waals surface area contributed by atoms with Crippen LogP contribution in [0.3, 0.4) is 0 Å². The largest absolute Gasteiger partial charge is 0.307 e. The molecule has 1 heteroatoms. The van der Waals surface area contributed by atoms with E-state index in [9.17, 15) is 0 Å². The Labute approximate surface area is 109 Å². The van der Waals surface area contributed by atoms with Crippen LogP contribution < -0.4 is 0 Å². The van der Waals surface area contributed by atoms with Gasteiger partial charge in [-0.25, -0.2) is 0 Å². The summed E-state index contributed by atoms with van der Waals surface area (Å²) < 4.78 is 0. The molecule has 17 heavy (non-hydrogen) atoms.